The van der Waals surface area contributed by atoms with Gasteiger partial charge in [0.1, 0.15) is 17.2 Å². The summed E-state index contributed by atoms with van der Waals surface area (Å²) in [7, 11) is 0. The number of non-ortho nitro benzene ring substituents is 1. The molecule has 0 saturated carbocycles. The molecule has 2 rings (SSSR count). The van der Waals surface area contributed by atoms with Crippen LogP contribution in [0.2, 0.25) is 0 Å². The van der Waals surface area contributed by atoms with E-state index in [1.54, 1.807) is 0 Å². The van der Waals surface area contributed by atoms with Crippen molar-refractivity contribution in [2.24, 2.45) is 0 Å². The number of carbonyl (C=O) groups excluding carboxylic acids is 1. The van der Waals surface area contributed by atoms with Gasteiger partial charge in [0.05, 0.1) is 15.9 Å². The topological polar surface area (TPSA) is 125 Å². The Morgan fingerprint density at radius 2 is 1.67 bits per heavy atom. The molecule has 0 atom stereocenters. The number of carbonyl (C=O) groups is 1. The number of benzene rings is 2. The molecule has 0 radical (unpaired) electrons. The maximum Gasteiger partial charge on any atom is 0.296 e. The van der Waals surface area contributed by atoms with Crippen LogP contribution in [0.15, 0.2) is 55.1 Å². The van der Waals surface area contributed by atoms with Gasteiger partial charge in [-0.25, -0.2) is 0 Å². The summed E-state index contributed by atoms with van der Waals surface area (Å²) in [6.07, 6.45) is 0.991. The molecule has 24 heavy (non-hydrogen) atoms. The first kappa shape index (κ1) is 16.6. The SMILES string of the molecule is C=CC(=O)Nc1ccc(Oc2ccc([N+](=O)[O-])cc2)cc1[N+](=O)[O-]. The second-order valence-corrected chi connectivity index (χ2v) is 4.48. The minimum absolute atomic E-state index is 0.000879. The van der Waals surface area contributed by atoms with Crippen molar-refractivity contribution >= 4 is 23.0 Å². The molecular formula is C15H11N3O6. The molecule has 0 aromatic heterocycles. The lowest BCUT2D eigenvalue weighted by Crippen LogP contribution is -2.09. The van der Waals surface area contributed by atoms with E-state index in [1.807, 2.05) is 0 Å². The number of hydrogen-bond acceptors (Lipinski definition) is 6. The van der Waals surface area contributed by atoms with Crippen LogP contribution in [0.3, 0.4) is 0 Å². The average Bonchev–Trinajstić information content (AvgIpc) is 2.56. The summed E-state index contributed by atoms with van der Waals surface area (Å²) in [5, 5.41) is 24.0. The lowest BCUT2D eigenvalue weighted by atomic mass is 10.2. The highest BCUT2D eigenvalue weighted by molar-refractivity contribution is 6.00. The molecule has 2 aromatic rings. The van der Waals surface area contributed by atoms with Gasteiger partial charge in [0.15, 0.2) is 0 Å². The molecule has 0 fully saturated rings. The van der Waals surface area contributed by atoms with Gasteiger partial charge in [-0.3, -0.25) is 25.0 Å². The van der Waals surface area contributed by atoms with Gasteiger partial charge in [0, 0.05) is 12.1 Å². The number of hydrogen-bond donors (Lipinski definition) is 1. The molecule has 2 aromatic carbocycles. The van der Waals surface area contributed by atoms with Crippen molar-refractivity contribution in [3.63, 3.8) is 0 Å². The first-order valence-electron chi connectivity index (χ1n) is 6.55. The van der Waals surface area contributed by atoms with Crippen molar-refractivity contribution in [2.75, 3.05) is 5.32 Å². The van der Waals surface area contributed by atoms with Crippen molar-refractivity contribution in [3.8, 4) is 11.5 Å². The van der Waals surface area contributed by atoms with Crippen LogP contribution in [-0.4, -0.2) is 15.8 Å². The van der Waals surface area contributed by atoms with E-state index in [2.05, 4.69) is 11.9 Å². The second kappa shape index (κ2) is 7.01. The maximum atomic E-state index is 11.3. The number of nitrogens with zero attached hydrogens (tertiary/aromatic N) is 2. The molecule has 122 valence electrons. The fourth-order valence-electron chi connectivity index (χ4n) is 1.79. The van der Waals surface area contributed by atoms with Gasteiger partial charge in [-0.05, 0) is 30.3 Å². The van der Waals surface area contributed by atoms with Crippen molar-refractivity contribution in [1.82, 2.24) is 0 Å². The Morgan fingerprint density at radius 1 is 1.04 bits per heavy atom. The van der Waals surface area contributed by atoms with E-state index in [0.717, 1.165) is 12.1 Å². The minimum atomic E-state index is -0.665. The average molecular weight is 329 g/mol. The van der Waals surface area contributed by atoms with Crippen LogP contribution in [0, 0.1) is 20.2 Å². The van der Waals surface area contributed by atoms with E-state index in [1.165, 1.54) is 36.4 Å². The molecule has 0 unspecified atom stereocenters. The number of nitro groups is 2. The highest BCUT2D eigenvalue weighted by Gasteiger charge is 2.17. The zero-order chi connectivity index (χ0) is 17.7. The largest absolute Gasteiger partial charge is 0.457 e. The highest BCUT2D eigenvalue weighted by atomic mass is 16.6. The standard InChI is InChI=1S/C15H11N3O6/c1-2-15(19)16-13-8-7-12(9-14(13)18(22)23)24-11-5-3-10(4-6-11)17(20)21/h2-9H,1H2,(H,16,19). The Kier molecular flexibility index (Phi) is 4.85. The van der Waals surface area contributed by atoms with Crippen LogP contribution >= 0.6 is 0 Å². The summed E-state index contributed by atoms with van der Waals surface area (Å²) in [6, 6.07) is 9.13. The molecule has 0 saturated heterocycles. The molecule has 1 amide bonds. The number of nitrogens with one attached hydrogen (secondary N) is 1. The summed E-state index contributed by atoms with van der Waals surface area (Å²) in [4.78, 5) is 31.8. The summed E-state index contributed by atoms with van der Waals surface area (Å²) in [5.41, 5.74) is -0.457. The molecule has 0 heterocycles. The Labute approximate surface area is 135 Å². The van der Waals surface area contributed by atoms with E-state index < -0.39 is 15.8 Å². The monoisotopic (exact) mass is 329 g/mol. The van der Waals surface area contributed by atoms with Gasteiger partial charge in [-0.1, -0.05) is 6.58 Å². The Bertz CT molecular complexity index is 816. The van der Waals surface area contributed by atoms with E-state index in [4.69, 9.17) is 4.74 Å². The summed E-state index contributed by atoms with van der Waals surface area (Å²) in [5.74, 6) is -0.160. The summed E-state index contributed by atoms with van der Waals surface area (Å²) in [6.45, 7) is 3.27. The van der Waals surface area contributed by atoms with Crippen molar-refractivity contribution < 1.29 is 19.4 Å². The van der Waals surface area contributed by atoms with Crippen LogP contribution in [-0.2, 0) is 4.79 Å². The molecule has 0 aliphatic rings. The molecule has 0 aliphatic heterocycles. The molecular weight excluding hydrogens is 318 g/mol. The van der Waals surface area contributed by atoms with Gasteiger partial charge in [0.25, 0.3) is 11.4 Å². The van der Waals surface area contributed by atoms with Gasteiger partial charge in [-0.2, -0.15) is 0 Å². The zero-order valence-corrected chi connectivity index (χ0v) is 12.2. The van der Waals surface area contributed by atoms with Gasteiger partial charge in [-0.15, -0.1) is 0 Å². The van der Waals surface area contributed by atoms with Crippen molar-refractivity contribution in [2.45, 2.75) is 0 Å². The van der Waals surface area contributed by atoms with Crippen LogP contribution in [0.4, 0.5) is 17.1 Å². The number of rotatable bonds is 6. The third-order valence-electron chi connectivity index (χ3n) is 2.89. The van der Waals surface area contributed by atoms with Crippen molar-refractivity contribution in [1.29, 1.82) is 0 Å². The molecule has 0 spiro atoms. The van der Waals surface area contributed by atoms with Crippen LogP contribution < -0.4 is 10.1 Å². The fourth-order valence-corrected chi connectivity index (χ4v) is 1.79. The van der Waals surface area contributed by atoms with E-state index in [9.17, 15) is 25.0 Å². The predicted molar refractivity (Wildman–Crippen MR) is 85.1 cm³/mol. The smallest absolute Gasteiger partial charge is 0.296 e. The molecule has 1 N–H and O–H groups in total. The predicted octanol–water partition coefficient (Wildman–Crippen LogP) is 3.42. The molecule has 9 heteroatoms. The Hall–Kier alpha value is -3.75. The van der Waals surface area contributed by atoms with Gasteiger partial charge < -0.3 is 10.1 Å². The number of amides is 1. The Morgan fingerprint density at radius 3 is 2.21 bits per heavy atom. The van der Waals surface area contributed by atoms with E-state index in [0.29, 0.717) is 0 Å². The lowest BCUT2D eigenvalue weighted by Gasteiger charge is -2.08. The third-order valence-corrected chi connectivity index (χ3v) is 2.89. The number of anilines is 1. The van der Waals surface area contributed by atoms with Crippen molar-refractivity contribution in [3.05, 3.63) is 75.3 Å². The minimum Gasteiger partial charge on any atom is -0.457 e. The molecule has 9 nitrogen and oxygen atoms in total. The van der Waals surface area contributed by atoms with Crippen LogP contribution in [0.1, 0.15) is 0 Å². The van der Waals surface area contributed by atoms with Gasteiger partial charge in [0.2, 0.25) is 5.91 Å². The summed E-state index contributed by atoms with van der Waals surface area (Å²) >= 11 is 0. The Balaban J connectivity index is 2.26. The van der Waals surface area contributed by atoms with E-state index >= 15 is 0 Å². The fraction of sp³-hybridized carbons (Fsp3) is 0. The quantitative estimate of drug-likeness (QED) is 0.492. The first-order valence-corrected chi connectivity index (χ1v) is 6.55. The lowest BCUT2D eigenvalue weighted by molar-refractivity contribution is -0.384. The van der Waals surface area contributed by atoms with Gasteiger partial charge >= 0.3 is 0 Å². The van der Waals surface area contributed by atoms with Crippen LogP contribution in [0.25, 0.3) is 0 Å². The zero-order valence-electron chi connectivity index (χ0n) is 12.2. The van der Waals surface area contributed by atoms with Crippen LogP contribution in [0.5, 0.6) is 11.5 Å². The summed E-state index contributed by atoms with van der Waals surface area (Å²) < 4.78 is 5.43. The third kappa shape index (κ3) is 3.91. The molecule has 0 aliphatic carbocycles. The highest BCUT2D eigenvalue weighted by Crippen LogP contribution is 2.32. The first-order chi connectivity index (χ1) is 11.4. The number of nitro benzene ring substituents is 2. The maximum absolute atomic E-state index is 11.3. The second-order valence-electron chi connectivity index (χ2n) is 4.48. The normalized spacial score (nSPS) is 9.83. The van der Waals surface area contributed by atoms with E-state index in [-0.39, 0.29) is 28.6 Å². The number of ether oxygens (including phenoxy) is 1. The molecule has 0 bridgehead atoms.